The van der Waals surface area contributed by atoms with E-state index in [2.05, 4.69) is 0 Å². The van der Waals surface area contributed by atoms with Crippen molar-refractivity contribution in [1.82, 2.24) is 0 Å². The Morgan fingerprint density at radius 1 is 0.912 bits per heavy atom. The molecule has 0 aliphatic carbocycles. The van der Waals surface area contributed by atoms with Crippen molar-refractivity contribution in [3.8, 4) is 11.5 Å². The highest BCUT2D eigenvalue weighted by atomic mass is 16.5. The molecule has 1 aliphatic rings. The molecule has 1 aliphatic heterocycles. The number of amides is 1. The number of Topliss-reactive ketones (excluding diaryl/α,β-unsaturated/α-hetero) is 1. The van der Waals surface area contributed by atoms with Crippen LogP contribution in [0.3, 0.4) is 0 Å². The second kappa shape index (κ2) is 9.91. The van der Waals surface area contributed by atoms with Gasteiger partial charge in [-0.25, -0.2) is 0 Å². The Labute approximate surface area is 199 Å². The summed E-state index contributed by atoms with van der Waals surface area (Å²) in [5.74, 6) is -0.188. The van der Waals surface area contributed by atoms with Gasteiger partial charge in [0.15, 0.2) is 6.10 Å². The Balaban J connectivity index is 1.36. The number of aryl methyl sites for hydroxylation is 2. The number of anilines is 1. The standard InChI is InChI=1S/C28H27NO5/c1-18-9-12-25(15-19(18)2)34-24-13-10-23(11-14-24)29-17-22(16-26(29)30)28(32)33-20(3)27(31)21-7-5-4-6-8-21/h4-15,20,22H,16-17H2,1-3H3/t20-,22+/m0/s1. The van der Waals surface area contributed by atoms with Crippen LogP contribution in [0.5, 0.6) is 11.5 Å². The highest BCUT2D eigenvalue weighted by Crippen LogP contribution is 2.30. The first kappa shape index (κ1) is 23.2. The number of hydrogen-bond donors (Lipinski definition) is 0. The van der Waals surface area contributed by atoms with Gasteiger partial charge in [0, 0.05) is 24.2 Å². The predicted molar refractivity (Wildman–Crippen MR) is 129 cm³/mol. The zero-order chi connectivity index (χ0) is 24.2. The normalized spacial score (nSPS) is 16.3. The predicted octanol–water partition coefficient (Wildman–Crippen LogP) is 5.26. The Bertz CT molecular complexity index is 1200. The Morgan fingerprint density at radius 3 is 2.26 bits per heavy atom. The van der Waals surface area contributed by atoms with Crippen LogP contribution >= 0.6 is 0 Å². The second-order valence-corrected chi connectivity index (χ2v) is 8.56. The van der Waals surface area contributed by atoms with Gasteiger partial charge < -0.3 is 14.4 Å². The quantitative estimate of drug-likeness (QED) is 0.357. The number of nitrogens with zero attached hydrogens (tertiary/aromatic N) is 1. The fourth-order valence-corrected chi connectivity index (χ4v) is 3.88. The fraction of sp³-hybridized carbons (Fsp3) is 0.250. The molecule has 6 nitrogen and oxygen atoms in total. The summed E-state index contributed by atoms with van der Waals surface area (Å²) < 4.78 is 11.3. The number of rotatable bonds is 7. The lowest BCUT2D eigenvalue weighted by Gasteiger charge is -2.18. The van der Waals surface area contributed by atoms with Crippen LogP contribution in [0, 0.1) is 19.8 Å². The van der Waals surface area contributed by atoms with E-state index in [1.54, 1.807) is 60.4 Å². The van der Waals surface area contributed by atoms with Crippen LogP contribution in [0.25, 0.3) is 0 Å². The minimum Gasteiger partial charge on any atom is -0.457 e. The zero-order valence-electron chi connectivity index (χ0n) is 19.5. The summed E-state index contributed by atoms with van der Waals surface area (Å²) in [7, 11) is 0. The number of carbonyl (C=O) groups excluding carboxylic acids is 3. The van der Waals surface area contributed by atoms with E-state index in [9.17, 15) is 14.4 Å². The number of carbonyl (C=O) groups is 3. The molecule has 6 heteroatoms. The molecule has 0 saturated carbocycles. The fourth-order valence-electron chi connectivity index (χ4n) is 3.88. The average Bonchev–Trinajstić information content (AvgIpc) is 3.23. The van der Waals surface area contributed by atoms with Gasteiger partial charge in [0.05, 0.1) is 5.92 Å². The molecule has 0 N–H and O–H groups in total. The summed E-state index contributed by atoms with van der Waals surface area (Å²) >= 11 is 0. The van der Waals surface area contributed by atoms with E-state index in [0.717, 1.165) is 11.3 Å². The lowest BCUT2D eigenvalue weighted by Crippen LogP contribution is -2.30. The van der Waals surface area contributed by atoms with Gasteiger partial charge in [0.2, 0.25) is 11.7 Å². The molecular formula is C28H27NO5. The average molecular weight is 458 g/mol. The maximum absolute atomic E-state index is 12.6. The third kappa shape index (κ3) is 5.17. The number of esters is 1. The van der Waals surface area contributed by atoms with E-state index in [0.29, 0.717) is 17.0 Å². The minimum absolute atomic E-state index is 0.0476. The Morgan fingerprint density at radius 2 is 1.59 bits per heavy atom. The molecule has 3 aromatic carbocycles. The summed E-state index contributed by atoms with van der Waals surface area (Å²) in [5, 5.41) is 0. The first-order chi connectivity index (χ1) is 16.3. The van der Waals surface area contributed by atoms with Crippen LogP contribution in [0.15, 0.2) is 72.8 Å². The molecule has 34 heavy (non-hydrogen) atoms. The van der Waals surface area contributed by atoms with Crippen LogP contribution in [0.2, 0.25) is 0 Å². The molecule has 2 atom stereocenters. The lowest BCUT2D eigenvalue weighted by atomic mass is 10.1. The second-order valence-electron chi connectivity index (χ2n) is 8.56. The van der Waals surface area contributed by atoms with Crippen molar-refractivity contribution in [3.63, 3.8) is 0 Å². The highest BCUT2D eigenvalue weighted by Gasteiger charge is 2.37. The number of hydrogen-bond acceptors (Lipinski definition) is 5. The van der Waals surface area contributed by atoms with Crippen LogP contribution in [0.1, 0.15) is 34.8 Å². The van der Waals surface area contributed by atoms with Crippen molar-refractivity contribution in [2.24, 2.45) is 5.92 Å². The molecule has 0 bridgehead atoms. The third-order valence-corrected chi connectivity index (χ3v) is 6.04. The van der Waals surface area contributed by atoms with Gasteiger partial charge in [-0.15, -0.1) is 0 Å². The van der Waals surface area contributed by atoms with E-state index in [1.165, 1.54) is 5.56 Å². The molecule has 1 amide bonds. The van der Waals surface area contributed by atoms with Gasteiger partial charge in [-0.3, -0.25) is 14.4 Å². The molecule has 3 aromatic rings. The molecule has 0 radical (unpaired) electrons. The summed E-state index contributed by atoms with van der Waals surface area (Å²) in [6.45, 7) is 5.84. The first-order valence-electron chi connectivity index (χ1n) is 11.3. The molecule has 1 fully saturated rings. The van der Waals surface area contributed by atoms with Crippen LogP contribution in [0.4, 0.5) is 5.69 Å². The summed E-state index contributed by atoms with van der Waals surface area (Å²) in [4.78, 5) is 39.3. The van der Waals surface area contributed by atoms with Crippen LogP contribution in [-0.4, -0.2) is 30.3 Å². The topological polar surface area (TPSA) is 72.9 Å². The summed E-state index contributed by atoms with van der Waals surface area (Å²) in [6, 6.07) is 21.8. The van der Waals surface area contributed by atoms with E-state index in [1.807, 2.05) is 38.1 Å². The molecule has 4 rings (SSSR count). The first-order valence-corrected chi connectivity index (χ1v) is 11.3. The molecule has 1 heterocycles. The molecule has 1 saturated heterocycles. The van der Waals surface area contributed by atoms with Gasteiger partial charge in [-0.1, -0.05) is 36.4 Å². The van der Waals surface area contributed by atoms with Gasteiger partial charge in [-0.2, -0.15) is 0 Å². The largest absolute Gasteiger partial charge is 0.457 e. The van der Waals surface area contributed by atoms with Crippen LogP contribution in [-0.2, 0) is 14.3 Å². The maximum Gasteiger partial charge on any atom is 0.312 e. The van der Waals surface area contributed by atoms with Crippen molar-refractivity contribution in [3.05, 3.63) is 89.5 Å². The van der Waals surface area contributed by atoms with Crippen molar-refractivity contribution >= 4 is 23.3 Å². The molecule has 0 aromatic heterocycles. The van der Waals surface area contributed by atoms with Gasteiger partial charge in [-0.05, 0) is 68.3 Å². The van der Waals surface area contributed by atoms with Crippen molar-refractivity contribution in [2.75, 3.05) is 11.4 Å². The van der Waals surface area contributed by atoms with Crippen molar-refractivity contribution < 1.29 is 23.9 Å². The van der Waals surface area contributed by atoms with Crippen molar-refractivity contribution in [1.29, 1.82) is 0 Å². The summed E-state index contributed by atoms with van der Waals surface area (Å²) in [6.07, 6.45) is -0.868. The van der Waals surface area contributed by atoms with Gasteiger partial charge >= 0.3 is 5.97 Å². The molecule has 174 valence electrons. The van der Waals surface area contributed by atoms with E-state index in [4.69, 9.17) is 9.47 Å². The number of ketones is 1. The Hall–Kier alpha value is -3.93. The lowest BCUT2D eigenvalue weighted by molar-refractivity contribution is -0.151. The smallest absolute Gasteiger partial charge is 0.312 e. The van der Waals surface area contributed by atoms with Gasteiger partial charge in [0.25, 0.3) is 0 Å². The van der Waals surface area contributed by atoms with Crippen molar-refractivity contribution in [2.45, 2.75) is 33.3 Å². The third-order valence-electron chi connectivity index (χ3n) is 6.04. The molecular weight excluding hydrogens is 430 g/mol. The Kier molecular flexibility index (Phi) is 6.77. The monoisotopic (exact) mass is 457 g/mol. The SMILES string of the molecule is Cc1ccc(Oc2ccc(N3C[C@H](C(=O)O[C@@H](C)C(=O)c4ccccc4)CC3=O)cc2)cc1C. The highest BCUT2D eigenvalue weighted by molar-refractivity contribution is 6.02. The van der Waals surface area contributed by atoms with E-state index >= 15 is 0 Å². The maximum atomic E-state index is 12.6. The van der Waals surface area contributed by atoms with E-state index < -0.39 is 18.0 Å². The van der Waals surface area contributed by atoms with E-state index in [-0.39, 0.29) is 24.7 Å². The minimum atomic E-state index is -0.916. The molecule has 0 unspecified atom stereocenters. The van der Waals surface area contributed by atoms with Crippen LogP contribution < -0.4 is 9.64 Å². The molecule has 0 spiro atoms. The summed E-state index contributed by atoms with van der Waals surface area (Å²) in [5.41, 5.74) is 3.51. The number of benzene rings is 3. The number of ether oxygens (including phenoxy) is 2. The van der Waals surface area contributed by atoms with Gasteiger partial charge in [0.1, 0.15) is 11.5 Å². The zero-order valence-corrected chi connectivity index (χ0v) is 19.5.